The van der Waals surface area contributed by atoms with Crippen molar-refractivity contribution in [2.45, 2.75) is 50.3 Å². The number of ether oxygens (including phenoxy) is 2. The van der Waals surface area contributed by atoms with Crippen molar-refractivity contribution in [3.63, 3.8) is 0 Å². The first kappa shape index (κ1) is 15.5. The van der Waals surface area contributed by atoms with E-state index in [4.69, 9.17) is 21.1 Å². The molecule has 0 heterocycles. The summed E-state index contributed by atoms with van der Waals surface area (Å²) in [5.41, 5.74) is 1.08. The van der Waals surface area contributed by atoms with Crippen LogP contribution in [-0.2, 0) is 0 Å². The van der Waals surface area contributed by atoms with E-state index in [9.17, 15) is 0 Å². The van der Waals surface area contributed by atoms with Gasteiger partial charge in [0.05, 0.1) is 19.6 Å². The van der Waals surface area contributed by atoms with Crippen LogP contribution in [0, 0.1) is 5.92 Å². The predicted molar refractivity (Wildman–Crippen MR) is 83.9 cm³/mol. The van der Waals surface area contributed by atoms with Crippen LogP contribution in [0.5, 0.6) is 11.5 Å². The zero-order valence-electron chi connectivity index (χ0n) is 12.5. The Hall–Kier alpha value is -0.890. The number of benzene rings is 1. The molecule has 1 fully saturated rings. The van der Waals surface area contributed by atoms with Gasteiger partial charge >= 0.3 is 0 Å². The van der Waals surface area contributed by atoms with Crippen molar-refractivity contribution in [2.75, 3.05) is 14.2 Å². The maximum Gasteiger partial charge on any atom is 0.127 e. The fraction of sp³-hybridized carbons (Fsp3) is 0.647. The Labute approximate surface area is 127 Å². The Morgan fingerprint density at radius 1 is 1.10 bits per heavy atom. The second-order valence-electron chi connectivity index (χ2n) is 5.67. The van der Waals surface area contributed by atoms with Crippen molar-refractivity contribution < 1.29 is 9.47 Å². The average molecular weight is 297 g/mol. The lowest BCUT2D eigenvalue weighted by Crippen LogP contribution is -2.05. The molecule has 1 aliphatic carbocycles. The molecule has 0 bridgehead atoms. The molecular weight excluding hydrogens is 272 g/mol. The number of hydrogen-bond acceptors (Lipinski definition) is 2. The van der Waals surface area contributed by atoms with Crippen LogP contribution in [0.1, 0.15) is 55.9 Å². The van der Waals surface area contributed by atoms with E-state index in [2.05, 4.69) is 0 Å². The maximum atomic E-state index is 6.65. The van der Waals surface area contributed by atoms with Gasteiger partial charge in [-0.2, -0.15) is 0 Å². The highest BCUT2D eigenvalue weighted by Gasteiger charge is 2.20. The largest absolute Gasteiger partial charge is 0.497 e. The van der Waals surface area contributed by atoms with E-state index >= 15 is 0 Å². The molecule has 1 aromatic rings. The van der Waals surface area contributed by atoms with Crippen molar-refractivity contribution in [3.05, 3.63) is 23.8 Å². The minimum atomic E-state index is 0.0268. The molecule has 1 saturated carbocycles. The van der Waals surface area contributed by atoms with Crippen LogP contribution >= 0.6 is 11.6 Å². The van der Waals surface area contributed by atoms with E-state index in [1.54, 1.807) is 14.2 Å². The molecule has 0 aromatic heterocycles. The number of methoxy groups -OCH3 is 2. The molecule has 2 nitrogen and oxygen atoms in total. The molecule has 0 N–H and O–H groups in total. The van der Waals surface area contributed by atoms with Crippen molar-refractivity contribution in [1.29, 1.82) is 0 Å². The van der Waals surface area contributed by atoms with Gasteiger partial charge in [-0.15, -0.1) is 11.6 Å². The van der Waals surface area contributed by atoms with E-state index < -0.39 is 0 Å². The van der Waals surface area contributed by atoms with Gasteiger partial charge in [-0.05, 0) is 18.4 Å². The third-order valence-corrected chi connectivity index (χ3v) is 4.71. The number of alkyl halides is 1. The molecular formula is C17H25ClO2. The van der Waals surface area contributed by atoms with Gasteiger partial charge in [0.25, 0.3) is 0 Å². The zero-order chi connectivity index (χ0) is 14.4. The normalized spacial score (nSPS) is 18.4. The van der Waals surface area contributed by atoms with Crippen LogP contribution in [0.4, 0.5) is 0 Å². The van der Waals surface area contributed by atoms with Crippen LogP contribution in [0.15, 0.2) is 18.2 Å². The van der Waals surface area contributed by atoms with Crippen LogP contribution in [0.2, 0.25) is 0 Å². The van der Waals surface area contributed by atoms with Gasteiger partial charge in [0.1, 0.15) is 11.5 Å². The molecule has 2 rings (SSSR count). The highest BCUT2D eigenvalue weighted by atomic mass is 35.5. The smallest absolute Gasteiger partial charge is 0.127 e. The molecule has 0 radical (unpaired) electrons. The Bertz CT molecular complexity index is 411. The summed E-state index contributed by atoms with van der Waals surface area (Å²) < 4.78 is 10.7. The summed E-state index contributed by atoms with van der Waals surface area (Å²) in [4.78, 5) is 0. The molecule has 0 spiro atoms. The molecule has 0 aliphatic heterocycles. The average Bonchev–Trinajstić information content (AvgIpc) is 2.75. The zero-order valence-corrected chi connectivity index (χ0v) is 13.3. The number of hydrogen-bond donors (Lipinski definition) is 0. The molecule has 20 heavy (non-hydrogen) atoms. The first-order valence-corrected chi connectivity index (χ1v) is 8.04. The first-order chi connectivity index (χ1) is 9.74. The Balaban J connectivity index is 2.05. The van der Waals surface area contributed by atoms with E-state index in [1.807, 2.05) is 18.2 Å². The summed E-state index contributed by atoms with van der Waals surface area (Å²) in [7, 11) is 3.35. The van der Waals surface area contributed by atoms with Crippen molar-refractivity contribution in [3.8, 4) is 11.5 Å². The van der Waals surface area contributed by atoms with Gasteiger partial charge in [-0.1, -0.05) is 44.6 Å². The van der Waals surface area contributed by atoms with Crippen LogP contribution in [0.25, 0.3) is 0 Å². The van der Waals surface area contributed by atoms with Gasteiger partial charge in [0.2, 0.25) is 0 Å². The molecule has 1 unspecified atom stereocenters. The minimum Gasteiger partial charge on any atom is -0.497 e. The number of halogens is 1. The first-order valence-electron chi connectivity index (χ1n) is 7.60. The van der Waals surface area contributed by atoms with Gasteiger partial charge in [-0.3, -0.25) is 0 Å². The highest BCUT2D eigenvalue weighted by Crippen LogP contribution is 2.39. The minimum absolute atomic E-state index is 0.0268. The maximum absolute atomic E-state index is 6.65. The second-order valence-corrected chi connectivity index (χ2v) is 6.20. The molecule has 3 heteroatoms. The number of rotatable bonds is 5. The summed E-state index contributed by atoms with van der Waals surface area (Å²) in [5, 5.41) is 0.0268. The summed E-state index contributed by atoms with van der Waals surface area (Å²) in [5.74, 6) is 2.40. The van der Waals surface area contributed by atoms with E-state index in [0.717, 1.165) is 29.4 Å². The summed E-state index contributed by atoms with van der Waals surface area (Å²) in [6.45, 7) is 0. The van der Waals surface area contributed by atoms with Crippen LogP contribution < -0.4 is 9.47 Å². The molecule has 1 aromatic carbocycles. The summed E-state index contributed by atoms with van der Waals surface area (Å²) in [6, 6.07) is 5.91. The third kappa shape index (κ3) is 4.05. The fourth-order valence-electron chi connectivity index (χ4n) is 3.10. The van der Waals surface area contributed by atoms with Gasteiger partial charge in [-0.25, -0.2) is 0 Å². The van der Waals surface area contributed by atoms with Crippen molar-refractivity contribution >= 4 is 11.6 Å². The van der Waals surface area contributed by atoms with E-state index in [0.29, 0.717) is 0 Å². The lowest BCUT2D eigenvalue weighted by molar-refractivity contribution is 0.383. The second kappa shape index (κ2) is 7.78. The standard InChI is InChI=1S/C17H25ClO2/c1-19-14-9-10-15(17(12-14)20-2)16(18)11-13-7-5-3-4-6-8-13/h9-10,12-13,16H,3-8,11H2,1-2H3. The molecule has 0 amide bonds. The van der Waals surface area contributed by atoms with E-state index in [-0.39, 0.29) is 5.38 Å². The van der Waals surface area contributed by atoms with Crippen LogP contribution in [-0.4, -0.2) is 14.2 Å². The SMILES string of the molecule is COc1ccc(C(Cl)CC2CCCCCC2)c(OC)c1. The van der Waals surface area contributed by atoms with Gasteiger partial charge in [0, 0.05) is 11.6 Å². The molecule has 1 aliphatic rings. The Kier molecular flexibility index (Phi) is 6.03. The van der Waals surface area contributed by atoms with Crippen LogP contribution in [0.3, 0.4) is 0 Å². The Morgan fingerprint density at radius 2 is 1.80 bits per heavy atom. The summed E-state index contributed by atoms with van der Waals surface area (Å²) >= 11 is 6.65. The predicted octanol–water partition coefficient (Wildman–Crippen LogP) is 5.34. The van der Waals surface area contributed by atoms with Crippen molar-refractivity contribution in [1.82, 2.24) is 0 Å². The van der Waals surface area contributed by atoms with Crippen molar-refractivity contribution in [2.24, 2.45) is 5.92 Å². The summed E-state index contributed by atoms with van der Waals surface area (Å²) in [6.07, 6.45) is 9.17. The van der Waals surface area contributed by atoms with Gasteiger partial charge < -0.3 is 9.47 Å². The van der Waals surface area contributed by atoms with Gasteiger partial charge in [0.15, 0.2) is 0 Å². The topological polar surface area (TPSA) is 18.5 Å². The Morgan fingerprint density at radius 3 is 2.40 bits per heavy atom. The van der Waals surface area contributed by atoms with E-state index in [1.165, 1.54) is 38.5 Å². The third-order valence-electron chi connectivity index (χ3n) is 4.29. The molecule has 112 valence electrons. The monoisotopic (exact) mass is 296 g/mol. The molecule has 1 atom stereocenters. The quantitative estimate of drug-likeness (QED) is 0.539. The molecule has 0 saturated heterocycles. The highest BCUT2D eigenvalue weighted by molar-refractivity contribution is 6.21. The fourth-order valence-corrected chi connectivity index (χ4v) is 3.53. The lowest BCUT2D eigenvalue weighted by Gasteiger charge is -2.20. The lowest BCUT2D eigenvalue weighted by atomic mass is 9.92.